The monoisotopic (exact) mass is 216 g/mol. The maximum atomic E-state index is 10.9. The smallest absolute Gasteiger partial charge is 0.267 e. The zero-order valence-electron chi connectivity index (χ0n) is 6.11. The van der Waals surface area contributed by atoms with Gasteiger partial charge in [-0.2, -0.15) is 0 Å². The molecule has 0 N–H and O–H groups in total. The average Bonchev–Trinajstić information content (AvgIpc) is 2.03. The Labute approximate surface area is 82.9 Å². The first-order valence-corrected chi connectivity index (χ1v) is 3.81. The lowest BCUT2D eigenvalue weighted by atomic mass is 10.3. The van der Waals surface area contributed by atoms with Crippen molar-refractivity contribution >= 4 is 29.1 Å². The van der Waals surface area contributed by atoms with Gasteiger partial charge < -0.3 is 0 Å². The Bertz CT molecular complexity index is 379. The highest BCUT2D eigenvalue weighted by Crippen LogP contribution is 2.15. The Morgan fingerprint density at radius 3 is 2.77 bits per heavy atom. The molecule has 0 atom stereocenters. The molecular weight excluding hydrogens is 215 g/mol. The second-order valence-corrected chi connectivity index (χ2v) is 2.81. The first-order valence-electron chi connectivity index (χ1n) is 3.06. The molecule has 0 bridgehead atoms. The van der Waals surface area contributed by atoms with E-state index in [9.17, 15) is 4.79 Å². The summed E-state index contributed by atoms with van der Waals surface area (Å²) in [5, 5.41) is 3.17. The van der Waals surface area contributed by atoms with Gasteiger partial charge >= 0.3 is 0 Å². The summed E-state index contributed by atoms with van der Waals surface area (Å²) in [6.45, 7) is 0. The van der Waals surface area contributed by atoms with Gasteiger partial charge in [-0.25, -0.2) is 4.98 Å². The van der Waals surface area contributed by atoms with Crippen LogP contribution in [-0.2, 0) is 0 Å². The van der Waals surface area contributed by atoms with Gasteiger partial charge in [0.05, 0.1) is 0 Å². The molecule has 0 aromatic carbocycles. The standard InChI is InChI=1S/C6H2Cl2N4O/c7-3-1-4(6(13)11-12-9)10-5(8)2-3/h1-2H. The predicted molar refractivity (Wildman–Crippen MR) is 47.7 cm³/mol. The molecule has 0 saturated heterocycles. The van der Waals surface area contributed by atoms with Crippen LogP contribution in [0.5, 0.6) is 0 Å². The average molecular weight is 217 g/mol. The molecule has 66 valence electrons. The van der Waals surface area contributed by atoms with Crippen molar-refractivity contribution in [3.63, 3.8) is 0 Å². The number of nitrogens with zero attached hydrogens (tertiary/aromatic N) is 4. The Hall–Kier alpha value is -1.29. The summed E-state index contributed by atoms with van der Waals surface area (Å²) in [7, 11) is 0. The van der Waals surface area contributed by atoms with Crippen molar-refractivity contribution < 1.29 is 4.79 Å². The van der Waals surface area contributed by atoms with Gasteiger partial charge in [-0.15, -0.1) is 0 Å². The van der Waals surface area contributed by atoms with Gasteiger partial charge in [0.15, 0.2) is 0 Å². The molecule has 1 amide bonds. The normalized spacial score (nSPS) is 9.08. The van der Waals surface area contributed by atoms with Gasteiger partial charge in [0.25, 0.3) is 5.91 Å². The van der Waals surface area contributed by atoms with Crippen LogP contribution in [0.15, 0.2) is 17.2 Å². The highest BCUT2D eigenvalue weighted by atomic mass is 35.5. The molecule has 1 aromatic heterocycles. The molecule has 1 rings (SSSR count). The molecule has 0 aliphatic rings. The minimum atomic E-state index is -0.813. The summed E-state index contributed by atoms with van der Waals surface area (Å²) in [6, 6.07) is 2.64. The summed E-state index contributed by atoms with van der Waals surface area (Å²) >= 11 is 11.1. The third-order valence-electron chi connectivity index (χ3n) is 1.11. The third kappa shape index (κ3) is 2.59. The van der Waals surface area contributed by atoms with E-state index in [1.807, 2.05) is 0 Å². The van der Waals surface area contributed by atoms with E-state index in [2.05, 4.69) is 15.0 Å². The number of hydrogen-bond acceptors (Lipinski definition) is 2. The lowest BCUT2D eigenvalue weighted by molar-refractivity contribution is 0.0995. The first kappa shape index (κ1) is 9.80. The predicted octanol–water partition coefficient (Wildman–Crippen LogP) is 2.84. The molecule has 0 aliphatic carbocycles. The molecule has 0 spiro atoms. The highest BCUT2D eigenvalue weighted by molar-refractivity contribution is 6.34. The molecule has 0 saturated carbocycles. The molecular formula is C6H2Cl2N4O. The van der Waals surface area contributed by atoms with Crippen molar-refractivity contribution in [2.75, 3.05) is 0 Å². The number of rotatable bonds is 1. The number of pyridine rings is 1. The van der Waals surface area contributed by atoms with E-state index in [4.69, 9.17) is 28.7 Å². The Morgan fingerprint density at radius 2 is 2.23 bits per heavy atom. The van der Waals surface area contributed by atoms with Crippen molar-refractivity contribution in [3.05, 3.63) is 38.4 Å². The number of amides is 1. The number of carbonyl (C=O) groups is 1. The van der Waals surface area contributed by atoms with E-state index in [1.165, 1.54) is 12.1 Å². The molecule has 0 unspecified atom stereocenters. The summed E-state index contributed by atoms with van der Waals surface area (Å²) < 4.78 is 0. The van der Waals surface area contributed by atoms with E-state index in [0.717, 1.165) is 0 Å². The Morgan fingerprint density at radius 1 is 1.54 bits per heavy atom. The van der Waals surface area contributed by atoms with Gasteiger partial charge in [0.1, 0.15) is 10.8 Å². The van der Waals surface area contributed by atoms with E-state index in [-0.39, 0.29) is 15.9 Å². The minimum absolute atomic E-state index is 0.0731. The SMILES string of the molecule is [N-]=[N+]=NC(=O)c1cc(Cl)cc(Cl)n1. The number of aromatic nitrogens is 1. The number of hydrogen-bond donors (Lipinski definition) is 0. The van der Waals surface area contributed by atoms with Crippen molar-refractivity contribution in [2.45, 2.75) is 0 Å². The second-order valence-electron chi connectivity index (χ2n) is 1.99. The Balaban J connectivity index is 3.15. The molecule has 7 heteroatoms. The van der Waals surface area contributed by atoms with E-state index in [0.29, 0.717) is 0 Å². The molecule has 0 fully saturated rings. The second kappa shape index (κ2) is 4.09. The Kier molecular flexibility index (Phi) is 3.08. The first-order chi connectivity index (χ1) is 6.13. The van der Waals surface area contributed by atoms with Crippen LogP contribution in [0.2, 0.25) is 10.2 Å². The molecule has 13 heavy (non-hydrogen) atoms. The number of azide groups is 1. The van der Waals surface area contributed by atoms with Crippen LogP contribution in [0, 0.1) is 0 Å². The van der Waals surface area contributed by atoms with Crippen molar-refractivity contribution in [1.29, 1.82) is 0 Å². The fraction of sp³-hybridized carbons (Fsp3) is 0. The fourth-order valence-corrected chi connectivity index (χ4v) is 1.14. The van der Waals surface area contributed by atoms with E-state index >= 15 is 0 Å². The van der Waals surface area contributed by atoms with Crippen LogP contribution in [0.3, 0.4) is 0 Å². The minimum Gasteiger partial charge on any atom is -0.285 e. The summed E-state index contributed by atoms with van der Waals surface area (Å²) in [5.74, 6) is -0.813. The van der Waals surface area contributed by atoms with Crippen LogP contribution in [0.4, 0.5) is 0 Å². The quantitative estimate of drug-likeness (QED) is 0.313. The van der Waals surface area contributed by atoms with Crippen LogP contribution in [0.1, 0.15) is 10.5 Å². The maximum absolute atomic E-state index is 10.9. The van der Waals surface area contributed by atoms with Gasteiger partial charge in [-0.05, 0) is 22.8 Å². The van der Waals surface area contributed by atoms with Gasteiger partial charge in [0, 0.05) is 9.93 Å². The molecule has 1 heterocycles. The van der Waals surface area contributed by atoms with Crippen molar-refractivity contribution in [2.24, 2.45) is 5.11 Å². The van der Waals surface area contributed by atoms with Gasteiger partial charge in [-0.1, -0.05) is 23.2 Å². The van der Waals surface area contributed by atoms with Crippen LogP contribution >= 0.6 is 23.2 Å². The van der Waals surface area contributed by atoms with E-state index < -0.39 is 5.91 Å². The molecule has 5 nitrogen and oxygen atoms in total. The summed E-state index contributed by atoms with van der Waals surface area (Å²) in [4.78, 5) is 16.9. The zero-order valence-corrected chi connectivity index (χ0v) is 7.62. The lowest BCUT2D eigenvalue weighted by Gasteiger charge is -1.95. The largest absolute Gasteiger partial charge is 0.285 e. The summed E-state index contributed by atoms with van der Waals surface area (Å²) in [6.07, 6.45) is 0. The third-order valence-corrected chi connectivity index (χ3v) is 1.53. The van der Waals surface area contributed by atoms with E-state index in [1.54, 1.807) is 0 Å². The number of carbonyl (C=O) groups excluding carboxylic acids is 1. The van der Waals surface area contributed by atoms with Gasteiger partial charge in [0.2, 0.25) is 0 Å². The van der Waals surface area contributed by atoms with Crippen LogP contribution in [0.25, 0.3) is 10.4 Å². The lowest BCUT2D eigenvalue weighted by Crippen LogP contribution is -1.97. The molecule has 0 radical (unpaired) electrons. The maximum Gasteiger partial charge on any atom is 0.267 e. The topological polar surface area (TPSA) is 78.7 Å². The van der Waals surface area contributed by atoms with Crippen LogP contribution < -0.4 is 0 Å². The number of halogens is 2. The van der Waals surface area contributed by atoms with Crippen molar-refractivity contribution in [3.8, 4) is 0 Å². The summed E-state index contributed by atoms with van der Waals surface area (Å²) in [5.41, 5.74) is 7.91. The fourth-order valence-electron chi connectivity index (χ4n) is 0.667. The van der Waals surface area contributed by atoms with Gasteiger partial charge in [-0.3, -0.25) is 4.79 Å². The van der Waals surface area contributed by atoms with Crippen LogP contribution in [-0.4, -0.2) is 10.9 Å². The molecule has 1 aromatic rings. The zero-order chi connectivity index (χ0) is 9.84. The highest BCUT2D eigenvalue weighted by Gasteiger charge is 2.06. The molecule has 0 aliphatic heterocycles. The van der Waals surface area contributed by atoms with Crippen molar-refractivity contribution in [1.82, 2.24) is 4.98 Å².